The molecule has 1 aliphatic rings. The molecule has 0 aromatic heterocycles. The molecule has 0 heterocycles. The highest BCUT2D eigenvalue weighted by Crippen LogP contribution is 2.36. The fourth-order valence-corrected chi connectivity index (χ4v) is 3.13. The number of nitriles is 1. The molecule has 1 aliphatic carbocycles. The molecular formula is C15H19BrN2. The zero-order valence-corrected chi connectivity index (χ0v) is 12.4. The number of hydrogen-bond donors (Lipinski definition) is 1. The van der Waals surface area contributed by atoms with Gasteiger partial charge in [0.1, 0.15) is 6.07 Å². The van der Waals surface area contributed by atoms with Gasteiger partial charge in [0.25, 0.3) is 0 Å². The second-order valence-electron chi connectivity index (χ2n) is 5.50. The molecule has 0 amide bonds. The molecule has 1 saturated carbocycles. The first-order chi connectivity index (χ1) is 8.64. The Bertz CT molecular complexity index is 456. The molecule has 2 rings (SSSR count). The third-order valence-corrected chi connectivity index (χ3v) is 4.55. The van der Waals surface area contributed by atoms with Gasteiger partial charge in [0.05, 0.1) is 11.3 Å². The van der Waals surface area contributed by atoms with E-state index in [0.717, 1.165) is 16.7 Å². The van der Waals surface area contributed by atoms with E-state index >= 15 is 0 Å². The lowest BCUT2D eigenvalue weighted by Crippen LogP contribution is -2.29. The maximum atomic E-state index is 9.18. The predicted molar refractivity (Wildman–Crippen MR) is 78.5 cm³/mol. The molecule has 1 aromatic carbocycles. The number of benzene rings is 1. The van der Waals surface area contributed by atoms with E-state index in [4.69, 9.17) is 0 Å². The molecule has 18 heavy (non-hydrogen) atoms. The molecule has 0 radical (unpaired) electrons. The minimum Gasteiger partial charge on any atom is -0.383 e. The Kier molecular flexibility index (Phi) is 4.29. The molecule has 1 N–H and O–H groups in total. The zero-order valence-electron chi connectivity index (χ0n) is 10.8. The summed E-state index contributed by atoms with van der Waals surface area (Å²) in [5.74, 6) is 0. The van der Waals surface area contributed by atoms with Crippen LogP contribution in [-0.2, 0) is 0 Å². The molecule has 1 aromatic rings. The second-order valence-corrected chi connectivity index (χ2v) is 6.35. The monoisotopic (exact) mass is 306 g/mol. The van der Waals surface area contributed by atoms with E-state index in [1.54, 1.807) is 0 Å². The van der Waals surface area contributed by atoms with Crippen molar-refractivity contribution in [3.63, 3.8) is 0 Å². The molecule has 3 heteroatoms. The van der Waals surface area contributed by atoms with Crippen molar-refractivity contribution in [3.05, 3.63) is 28.2 Å². The molecule has 2 nitrogen and oxygen atoms in total. The van der Waals surface area contributed by atoms with Crippen LogP contribution in [0.2, 0.25) is 0 Å². The summed E-state index contributed by atoms with van der Waals surface area (Å²) in [5, 5.41) is 12.6. The van der Waals surface area contributed by atoms with Crippen LogP contribution in [0.15, 0.2) is 22.7 Å². The number of nitrogens with one attached hydrogen (secondary N) is 1. The van der Waals surface area contributed by atoms with Gasteiger partial charge in [-0.15, -0.1) is 0 Å². The van der Waals surface area contributed by atoms with E-state index in [0.29, 0.717) is 11.0 Å². The van der Waals surface area contributed by atoms with Gasteiger partial charge in [-0.1, -0.05) is 32.3 Å². The molecule has 0 spiro atoms. The van der Waals surface area contributed by atoms with Crippen molar-refractivity contribution in [2.75, 3.05) is 11.9 Å². The predicted octanol–water partition coefficient (Wildman–Crippen LogP) is 4.70. The van der Waals surface area contributed by atoms with Crippen molar-refractivity contribution < 1.29 is 0 Å². The van der Waals surface area contributed by atoms with Crippen LogP contribution in [0.25, 0.3) is 0 Å². The molecule has 96 valence electrons. The molecule has 0 saturated heterocycles. The number of rotatable bonds is 3. The first-order valence-corrected chi connectivity index (χ1v) is 7.36. The largest absolute Gasteiger partial charge is 0.383 e. The summed E-state index contributed by atoms with van der Waals surface area (Å²) in [5.41, 5.74) is 2.03. The van der Waals surface area contributed by atoms with E-state index in [1.807, 2.05) is 18.2 Å². The van der Waals surface area contributed by atoms with Gasteiger partial charge in [-0.2, -0.15) is 5.26 Å². The topological polar surface area (TPSA) is 35.8 Å². The SMILES string of the molecule is CC1(CNc2cccc(Br)c2C#N)CCCCC1. The van der Waals surface area contributed by atoms with Crippen LogP contribution < -0.4 is 5.32 Å². The van der Waals surface area contributed by atoms with E-state index in [9.17, 15) is 5.26 Å². The van der Waals surface area contributed by atoms with Gasteiger partial charge in [-0.3, -0.25) is 0 Å². The first-order valence-electron chi connectivity index (χ1n) is 6.57. The standard InChI is InChI=1S/C15H19BrN2/c1-15(8-3-2-4-9-15)11-18-14-7-5-6-13(16)12(14)10-17/h5-7,18H,2-4,8-9,11H2,1H3. The maximum absolute atomic E-state index is 9.18. The quantitative estimate of drug-likeness (QED) is 0.878. The van der Waals surface area contributed by atoms with Crippen LogP contribution in [0, 0.1) is 16.7 Å². The van der Waals surface area contributed by atoms with Crippen molar-refractivity contribution in [3.8, 4) is 6.07 Å². The van der Waals surface area contributed by atoms with Gasteiger partial charge < -0.3 is 5.32 Å². The van der Waals surface area contributed by atoms with E-state index in [1.165, 1.54) is 32.1 Å². The highest BCUT2D eigenvalue weighted by molar-refractivity contribution is 9.10. The number of halogens is 1. The van der Waals surface area contributed by atoms with E-state index in [2.05, 4.69) is 34.2 Å². The summed E-state index contributed by atoms with van der Waals surface area (Å²) in [4.78, 5) is 0. The number of nitrogens with zero attached hydrogens (tertiary/aromatic N) is 1. The Morgan fingerprint density at radius 2 is 2.06 bits per heavy atom. The van der Waals surface area contributed by atoms with Gasteiger partial charge in [0.15, 0.2) is 0 Å². The van der Waals surface area contributed by atoms with Gasteiger partial charge in [0.2, 0.25) is 0 Å². The van der Waals surface area contributed by atoms with Crippen LogP contribution in [-0.4, -0.2) is 6.54 Å². The third-order valence-electron chi connectivity index (χ3n) is 3.89. The van der Waals surface area contributed by atoms with Crippen LogP contribution in [0.3, 0.4) is 0 Å². The smallest absolute Gasteiger partial charge is 0.103 e. The maximum Gasteiger partial charge on any atom is 0.103 e. The molecule has 0 bridgehead atoms. The van der Waals surface area contributed by atoms with Crippen molar-refractivity contribution in [2.45, 2.75) is 39.0 Å². The Labute approximate surface area is 118 Å². The van der Waals surface area contributed by atoms with Crippen molar-refractivity contribution >= 4 is 21.6 Å². The van der Waals surface area contributed by atoms with Crippen molar-refractivity contribution in [1.82, 2.24) is 0 Å². The lowest BCUT2D eigenvalue weighted by Gasteiger charge is -2.34. The Hall–Kier alpha value is -1.01. The molecule has 0 atom stereocenters. The summed E-state index contributed by atoms with van der Waals surface area (Å²) in [7, 11) is 0. The summed E-state index contributed by atoms with van der Waals surface area (Å²) in [6, 6.07) is 8.11. The molecule has 1 fully saturated rings. The van der Waals surface area contributed by atoms with Gasteiger partial charge >= 0.3 is 0 Å². The first kappa shape index (κ1) is 13.4. The minimum atomic E-state index is 0.382. The average molecular weight is 307 g/mol. The zero-order chi connectivity index (χ0) is 13.0. The summed E-state index contributed by atoms with van der Waals surface area (Å²) in [6.45, 7) is 3.31. The summed E-state index contributed by atoms with van der Waals surface area (Å²) < 4.78 is 0.865. The third kappa shape index (κ3) is 3.05. The summed E-state index contributed by atoms with van der Waals surface area (Å²) >= 11 is 3.42. The Morgan fingerprint density at radius 1 is 1.33 bits per heavy atom. The number of hydrogen-bond acceptors (Lipinski definition) is 2. The highest BCUT2D eigenvalue weighted by Gasteiger charge is 2.26. The Morgan fingerprint density at radius 3 is 2.72 bits per heavy atom. The summed E-state index contributed by atoms with van der Waals surface area (Å²) in [6.07, 6.45) is 6.62. The second kappa shape index (κ2) is 5.75. The normalized spacial score (nSPS) is 18.1. The van der Waals surface area contributed by atoms with Crippen LogP contribution in [0.4, 0.5) is 5.69 Å². The van der Waals surface area contributed by atoms with Crippen LogP contribution in [0.1, 0.15) is 44.6 Å². The average Bonchev–Trinajstić information content (AvgIpc) is 2.37. The minimum absolute atomic E-state index is 0.382. The lowest BCUT2D eigenvalue weighted by molar-refractivity contribution is 0.233. The van der Waals surface area contributed by atoms with Gasteiger partial charge in [-0.25, -0.2) is 0 Å². The van der Waals surface area contributed by atoms with Crippen LogP contribution in [0.5, 0.6) is 0 Å². The van der Waals surface area contributed by atoms with Crippen molar-refractivity contribution in [1.29, 1.82) is 5.26 Å². The fourth-order valence-electron chi connectivity index (χ4n) is 2.68. The molecule has 0 unspecified atom stereocenters. The Balaban J connectivity index is 2.06. The van der Waals surface area contributed by atoms with E-state index in [-0.39, 0.29) is 0 Å². The van der Waals surface area contributed by atoms with E-state index < -0.39 is 0 Å². The lowest BCUT2D eigenvalue weighted by atomic mass is 9.75. The van der Waals surface area contributed by atoms with Crippen molar-refractivity contribution in [2.24, 2.45) is 5.41 Å². The van der Waals surface area contributed by atoms with Gasteiger partial charge in [0, 0.05) is 11.0 Å². The highest BCUT2D eigenvalue weighted by atomic mass is 79.9. The number of anilines is 1. The van der Waals surface area contributed by atoms with Crippen LogP contribution >= 0.6 is 15.9 Å². The fraction of sp³-hybridized carbons (Fsp3) is 0.533. The van der Waals surface area contributed by atoms with Gasteiger partial charge in [-0.05, 0) is 46.3 Å². The molecule has 0 aliphatic heterocycles. The molecular weight excluding hydrogens is 288 g/mol.